The Labute approximate surface area is 244 Å². The van der Waals surface area contributed by atoms with Gasteiger partial charge in [-0.1, -0.05) is 47.6 Å². The second-order valence-electron chi connectivity index (χ2n) is 12.1. The lowest BCUT2D eigenvalue weighted by atomic mass is 9.79. The molecule has 1 aromatic carbocycles. The lowest BCUT2D eigenvalue weighted by molar-refractivity contribution is -0.140. The largest absolute Gasteiger partial charge is 0.509 e. The van der Waals surface area contributed by atoms with Crippen molar-refractivity contribution in [3.63, 3.8) is 0 Å². The number of hydrogen-bond acceptors (Lipinski definition) is 9. The van der Waals surface area contributed by atoms with Crippen LogP contribution in [-0.4, -0.2) is 46.9 Å². The van der Waals surface area contributed by atoms with E-state index in [4.69, 9.17) is 24.7 Å². The van der Waals surface area contributed by atoms with Gasteiger partial charge in [0.15, 0.2) is 11.5 Å². The van der Waals surface area contributed by atoms with Crippen molar-refractivity contribution in [2.75, 3.05) is 0 Å². The van der Waals surface area contributed by atoms with Crippen molar-refractivity contribution >= 4 is 24.1 Å². The Bertz CT molecular complexity index is 1030. The summed E-state index contributed by atoms with van der Waals surface area (Å²) in [6, 6.07) is 3.12. The molecular formula is C31H49NO9. The van der Waals surface area contributed by atoms with Crippen molar-refractivity contribution in [3.8, 4) is 11.5 Å². The molecule has 0 amide bonds. The molecule has 4 atom stereocenters. The van der Waals surface area contributed by atoms with Gasteiger partial charge in [-0.25, -0.2) is 4.79 Å². The summed E-state index contributed by atoms with van der Waals surface area (Å²) in [6.07, 6.45) is 0.487. The average molecular weight is 580 g/mol. The number of carbonyl (C=O) groups is 4. The smallest absolute Gasteiger partial charge is 0.480 e. The Morgan fingerprint density at radius 1 is 0.878 bits per heavy atom. The quantitative estimate of drug-likeness (QED) is 0.170. The molecule has 0 aromatic heterocycles. The van der Waals surface area contributed by atoms with Gasteiger partial charge in [-0.3, -0.25) is 14.4 Å². The SMILES string of the molecule is CCC(C)(C)OC(=O)OC(C)C(C)C(c1ccc(OC(=O)CCC(C)C)c(OC(=O)CCC(C)C)c1)[C@H](N)C(=O)O. The van der Waals surface area contributed by atoms with Gasteiger partial charge in [0.05, 0.1) is 0 Å². The third-order valence-corrected chi connectivity index (χ3v) is 7.12. The first-order chi connectivity index (χ1) is 19.0. The average Bonchev–Trinajstić information content (AvgIpc) is 2.87. The molecule has 3 N–H and O–H groups in total. The maximum atomic E-state index is 12.6. The van der Waals surface area contributed by atoms with E-state index >= 15 is 0 Å². The molecule has 0 bridgehead atoms. The van der Waals surface area contributed by atoms with Crippen LogP contribution in [0.5, 0.6) is 11.5 Å². The van der Waals surface area contributed by atoms with E-state index < -0.39 is 53.6 Å². The Morgan fingerprint density at radius 3 is 1.85 bits per heavy atom. The number of rotatable bonds is 16. The predicted octanol–water partition coefficient (Wildman–Crippen LogP) is 6.23. The molecule has 10 nitrogen and oxygen atoms in total. The number of benzene rings is 1. The number of carbonyl (C=O) groups excluding carboxylic acids is 3. The minimum absolute atomic E-state index is 0.0124. The zero-order valence-corrected chi connectivity index (χ0v) is 26.0. The van der Waals surface area contributed by atoms with Crippen LogP contribution in [0.25, 0.3) is 0 Å². The Balaban J connectivity index is 3.40. The van der Waals surface area contributed by atoms with Crippen LogP contribution in [0, 0.1) is 17.8 Å². The number of carboxylic acid groups (broad SMARTS) is 1. The van der Waals surface area contributed by atoms with Gasteiger partial charge < -0.3 is 29.8 Å². The summed E-state index contributed by atoms with van der Waals surface area (Å²) < 4.78 is 22.0. The molecule has 1 rings (SSSR count). The van der Waals surface area contributed by atoms with Gasteiger partial charge in [0.1, 0.15) is 17.7 Å². The molecule has 0 spiro atoms. The van der Waals surface area contributed by atoms with Crippen molar-refractivity contribution < 1.29 is 43.2 Å². The van der Waals surface area contributed by atoms with Crippen molar-refractivity contribution in [2.45, 2.75) is 118 Å². The lowest BCUT2D eigenvalue weighted by Gasteiger charge is -2.32. The monoisotopic (exact) mass is 579 g/mol. The van der Waals surface area contributed by atoms with Crippen LogP contribution in [0.4, 0.5) is 4.79 Å². The summed E-state index contributed by atoms with van der Waals surface area (Å²) in [6.45, 7) is 16.7. The topological polar surface area (TPSA) is 151 Å². The van der Waals surface area contributed by atoms with Crippen LogP contribution in [0.2, 0.25) is 0 Å². The minimum atomic E-state index is -1.39. The zero-order valence-electron chi connectivity index (χ0n) is 26.0. The van der Waals surface area contributed by atoms with Gasteiger partial charge in [-0.15, -0.1) is 0 Å². The molecule has 1 aromatic rings. The first-order valence-electron chi connectivity index (χ1n) is 14.4. The molecule has 0 heterocycles. The summed E-state index contributed by atoms with van der Waals surface area (Å²) in [5.41, 5.74) is 5.83. The molecular weight excluding hydrogens is 530 g/mol. The van der Waals surface area contributed by atoms with E-state index in [1.54, 1.807) is 33.8 Å². The van der Waals surface area contributed by atoms with Gasteiger partial charge in [0, 0.05) is 24.7 Å². The lowest BCUT2D eigenvalue weighted by Crippen LogP contribution is -2.43. The van der Waals surface area contributed by atoms with E-state index in [9.17, 15) is 24.3 Å². The van der Waals surface area contributed by atoms with E-state index in [0.717, 1.165) is 0 Å². The molecule has 0 aliphatic rings. The van der Waals surface area contributed by atoms with Crippen molar-refractivity contribution in [3.05, 3.63) is 23.8 Å². The summed E-state index contributed by atoms with van der Waals surface area (Å²) in [4.78, 5) is 49.6. The number of nitrogens with two attached hydrogens (primary N) is 1. The molecule has 10 heteroatoms. The Morgan fingerprint density at radius 2 is 1.39 bits per heavy atom. The van der Waals surface area contributed by atoms with Crippen LogP contribution < -0.4 is 15.2 Å². The number of hydrogen-bond donors (Lipinski definition) is 2. The number of esters is 2. The third-order valence-electron chi connectivity index (χ3n) is 7.12. The molecule has 0 saturated carbocycles. The van der Waals surface area contributed by atoms with Crippen LogP contribution in [0.1, 0.15) is 106 Å². The third kappa shape index (κ3) is 12.5. The standard InChI is InChI=1S/C31H49NO9/c1-10-31(8,9)41-30(37)38-21(7)20(6)27(28(32)29(35)36)22-13-14-23(39-25(33)15-11-18(2)3)24(17-22)40-26(34)16-12-19(4)5/h13-14,17-21,27-28H,10-12,15-16,32H2,1-9H3,(H,35,36)/t20?,21?,27?,28-/m0/s1. The van der Waals surface area contributed by atoms with E-state index in [0.29, 0.717) is 30.7 Å². The summed E-state index contributed by atoms with van der Waals surface area (Å²) in [5.74, 6) is -3.11. The molecule has 41 heavy (non-hydrogen) atoms. The van der Waals surface area contributed by atoms with E-state index in [2.05, 4.69) is 0 Å². The highest BCUT2D eigenvalue weighted by molar-refractivity contribution is 5.77. The molecule has 0 saturated heterocycles. The Hall–Kier alpha value is -3.14. The number of aliphatic carboxylic acids is 1. The first kappa shape index (κ1) is 35.9. The highest BCUT2D eigenvalue weighted by Gasteiger charge is 2.36. The second kappa shape index (κ2) is 16.3. The Kier molecular flexibility index (Phi) is 14.3. The van der Waals surface area contributed by atoms with Crippen molar-refractivity contribution in [1.82, 2.24) is 0 Å². The van der Waals surface area contributed by atoms with Crippen LogP contribution in [0.3, 0.4) is 0 Å². The highest BCUT2D eigenvalue weighted by atomic mass is 16.7. The van der Waals surface area contributed by atoms with Gasteiger partial charge in [0.25, 0.3) is 0 Å². The number of ether oxygens (including phenoxy) is 4. The first-order valence-corrected chi connectivity index (χ1v) is 14.4. The molecule has 3 unspecified atom stereocenters. The van der Waals surface area contributed by atoms with Crippen molar-refractivity contribution in [1.29, 1.82) is 0 Å². The number of carboxylic acids is 1. The fraction of sp³-hybridized carbons (Fsp3) is 0.677. The van der Waals surface area contributed by atoms with Gasteiger partial charge in [-0.2, -0.15) is 0 Å². The fourth-order valence-electron chi connectivity index (χ4n) is 3.92. The van der Waals surface area contributed by atoms with E-state index in [1.807, 2.05) is 34.6 Å². The highest BCUT2D eigenvalue weighted by Crippen LogP contribution is 2.37. The van der Waals surface area contributed by atoms with Crippen LogP contribution in [-0.2, 0) is 23.9 Å². The minimum Gasteiger partial charge on any atom is -0.480 e. The van der Waals surface area contributed by atoms with Crippen LogP contribution in [0.15, 0.2) is 18.2 Å². The van der Waals surface area contributed by atoms with E-state index in [1.165, 1.54) is 12.1 Å². The normalized spacial score (nSPS) is 14.6. The van der Waals surface area contributed by atoms with Crippen LogP contribution >= 0.6 is 0 Å². The summed E-state index contributed by atoms with van der Waals surface area (Å²) in [7, 11) is 0. The van der Waals surface area contributed by atoms with E-state index in [-0.39, 0.29) is 30.3 Å². The van der Waals surface area contributed by atoms with Gasteiger partial charge in [0.2, 0.25) is 0 Å². The second-order valence-corrected chi connectivity index (χ2v) is 12.1. The summed E-state index contributed by atoms with van der Waals surface area (Å²) >= 11 is 0. The molecule has 0 radical (unpaired) electrons. The maximum Gasteiger partial charge on any atom is 0.509 e. The molecule has 0 aliphatic heterocycles. The van der Waals surface area contributed by atoms with Gasteiger partial charge >= 0.3 is 24.1 Å². The maximum absolute atomic E-state index is 12.6. The zero-order chi connectivity index (χ0) is 31.5. The van der Waals surface area contributed by atoms with Crippen molar-refractivity contribution in [2.24, 2.45) is 23.5 Å². The predicted molar refractivity (Wildman–Crippen MR) is 155 cm³/mol. The molecule has 0 fully saturated rings. The summed E-state index contributed by atoms with van der Waals surface area (Å²) in [5, 5.41) is 9.81. The molecule has 0 aliphatic carbocycles. The van der Waals surface area contributed by atoms with Gasteiger partial charge in [-0.05, 0) is 69.6 Å². The fourth-order valence-corrected chi connectivity index (χ4v) is 3.92. The molecule has 232 valence electrons.